The monoisotopic (exact) mass is 342 g/mol. The highest BCUT2D eigenvalue weighted by molar-refractivity contribution is 5.60. The topological polar surface area (TPSA) is 62.4 Å². The van der Waals surface area contributed by atoms with Gasteiger partial charge in [0.05, 0.1) is 38.3 Å². The van der Waals surface area contributed by atoms with Crippen LogP contribution in [0.15, 0.2) is 30.5 Å². The van der Waals surface area contributed by atoms with Crippen molar-refractivity contribution in [3.63, 3.8) is 0 Å². The standard InChI is InChI=1S/C19H26N4O2/c1-24-16-4-2-3-14(11-16)17-12-21-19(22-17)18-13-25-10-9-23(18)15-5-7-20-8-6-15/h2-4,11-12,15,18,20H,5-10,13H2,1H3,(H,21,22). The summed E-state index contributed by atoms with van der Waals surface area (Å²) in [7, 11) is 1.69. The minimum atomic E-state index is 0.205. The van der Waals surface area contributed by atoms with Crippen LogP contribution in [0.1, 0.15) is 24.7 Å². The lowest BCUT2D eigenvalue weighted by Crippen LogP contribution is -2.49. The van der Waals surface area contributed by atoms with Crippen LogP contribution in [0.5, 0.6) is 5.75 Å². The molecular weight excluding hydrogens is 316 g/mol. The summed E-state index contributed by atoms with van der Waals surface area (Å²) in [5.41, 5.74) is 2.10. The predicted octanol–water partition coefficient (Wildman–Crippen LogP) is 2.21. The van der Waals surface area contributed by atoms with Gasteiger partial charge in [-0.05, 0) is 38.1 Å². The van der Waals surface area contributed by atoms with Crippen LogP contribution in [-0.2, 0) is 4.74 Å². The maximum absolute atomic E-state index is 5.77. The molecular formula is C19H26N4O2. The summed E-state index contributed by atoms with van der Waals surface area (Å²) >= 11 is 0. The molecule has 2 aliphatic heterocycles. The van der Waals surface area contributed by atoms with Gasteiger partial charge < -0.3 is 19.8 Å². The molecule has 0 aliphatic carbocycles. The molecule has 1 atom stereocenters. The van der Waals surface area contributed by atoms with Crippen molar-refractivity contribution in [3.8, 4) is 17.0 Å². The van der Waals surface area contributed by atoms with Crippen LogP contribution >= 0.6 is 0 Å². The molecule has 0 saturated carbocycles. The highest BCUT2D eigenvalue weighted by Crippen LogP contribution is 2.29. The Labute approximate surface area is 148 Å². The highest BCUT2D eigenvalue weighted by atomic mass is 16.5. The Kier molecular flexibility index (Phi) is 5.01. The fourth-order valence-electron chi connectivity index (χ4n) is 3.87. The van der Waals surface area contributed by atoms with E-state index in [9.17, 15) is 0 Å². The van der Waals surface area contributed by atoms with E-state index < -0.39 is 0 Å². The third kappa shape index (κ3) is 3.56. The average Bonchev–Trinajstić information content (AvgIpc) is 3.19. The number of H-pyrrole nitrogens is 1. The van der Waals surface area contributed by atoms with Gasteiger partial charge in [-0.2, -0.15) is 0 Å². The summed E-state index contributed by atoms with van der Waals surface area (Å²) in [5, 5.41) is 3.45. The van der Waals surface area contributed by atoms with Gasteiger partial charge in [-0.1, -0.05) is 12.1 Å². The van der Waals surface area contributed by atoms with Gasteiger partial charge in [-0.25, -0.2) is 4.98 Å². The second-order valence-corrected chi connectivity index (χ2v) is 6.72. The molecule has 2 N–H and O–H groups in total. The number of imidazole rings is 1. The normalized spacial score (nSPS) is 22.8. The zero-order valence-corrected chi connectivity index (χ0v) is 14.7. The number of morpholine rings is 1. The first kappa shape index (κ1) is 16.6. The Morgan fingerprint density at radius 3 is 3.00 bits per heavy atom. The molecule has 1 aromatic carbocycles. The van der Waals surface area contributed by atoms with Gasteiger partial charge in [0.1, 0.15) is 11.6 Å². The van der Waals surface area contributed by atoms with E-state index in [-0.39, 0.29) is 6.04 Å². The molecule has 0 radical (unpaired) electrons. The van der Waals surface area contributed by atoms with Crippen LogP contribution in [0.2, 0.25) is 0 Å². The van der Waals surface area contributed by atoms with Gasteiger partial charge in [0, 0.05) is 18.2 Å². The van der Waals surface area contributed by atoms with Gasteiger partial charge in [0.25, 0.3) is 0 Å². The molecule has 134 valence electrons. The third-order valence-corrected chi connectivity index (χ3v) is 5.24. The molecule has 0 amide bonds. The molecule has 6 heteroatoms. The van der Waals surface area contributed by atoms with E-state index in [1.54, 1.807) is 7.11 Å². The molecule has 1 aromatic heterocycles. The summed E-state index contributed by atoms with van der Waals surface area (Å²) in [6.07, 6.45) is 4.30. The quantitative estimate of drug-likeness (QED) is 0.892. The fourth-order valence-corrected chi connectivity index (χ4v) is 3.87. The molecule has 2 saturated heterocycles. The second kappa shape index (κ2) is 7.56. The number of ether oxygens (including phenoxy) is 2. The summed E-state index contributed by atoms with van der Waals surface area (Å²) in [6.45, 7) is 4.69. The van der Waals surface area contributed by atoms with Crippen LogP contribution in [0.4, 0.5) is 0 Å². The number of hydrogen-bond donors (Lipinski definition) is 2. The average molecular weight is 342 g/mol. The molecule has 6 nitrogen and oxygen atoms in total. The number of nitrogens with zero attached hydrogens (tertiary/aromatic N) is 2. The van der Waals surface area contributed by atoms with Gasteiger partial charge in [0.2, 0.25) is 0 Å². The Morgan fingerprint density at radius 1 is 1.28 bits per heavy atom. The smallest absolute Gasteiger partial charge is 0.126 e. The van der Waals surface area contributed by atoms with E-state index in [1.165, 1.54) is 12.8 Å². The van der Waals surface area contributed by atoms with Gasteiger partial charge >= 0.3 is 0 Å². The lowest BCUT2D eigenvalue weighted by Gasteiger charge is -2.41. The number of aromatic amines is 1. The summed E-state index contributed by atoms with van der Waals surface area (Å²) < 4.78 is 11.1. The summed E-state index contributed by atoms with van der Waals surface area (Å²) in [6, 6.07) is 8.87. The number of nitrogens with one attached hydrogen (secondary N) is 2. The fraction of sp³-hybridized carbons (Fsp3) is 0.526. The van der Waals surface area contributed by atoms with E-state index in [2.05, 4.69) is 26.3 Å². The Hall–Kier alpha value is -1.89. The number of methoxy groups -OCH3 is 1. The molecule has 2 fully saturated rings. The molecule has 25 heavy (non-hydrogen) atoms. The predicted molar refractivity (Wildman–Crippen MR) is 96.7 cm³/mol. The van der Waals surface area contributed by atoms with Crippen molar-refractivity contribution < 1.29 is 9.47 Å². The molecule has 1 unspecified atom stereocenters. The van der Waals surface area contributed by atoms with Crippen molar-refractivity contribution in [3.05, 3.63) is 36.3 Å². The van der Waals surface area contributed by atoms with E-state index >= 15 is 0 Å². The molecule has 0 spiro atoms. The van der Waals surface area contributed by atoms with Gasteiger partial charge in [-0.3, -0.25) is 4.90 Å². The van der Waals surface area contributed by atoms with Crippen LogP contribution in [0, 0.1) is 0 Å². The van der Waals surface area contributed by atoms with Crippen molar-refractivity contribution in [2.75, 3.05) is 40.0 Å². The first-order valence-electron chi connectivity index (χ1n) is 9.08. The zero-order valence-electron chi connectivity index (χ0n) is 14.7. The van der Waals surface area contributed by atoms with Crippen molar-refractivity contribution in [1.29, 1.82) is 0 Å². The van der Waals surface area contributed by atoms with Crippen molar-refractivity contribution in [2.45, 2.75) is 24.9 Å². The minimum absolute atomic E-state index is 0.205. The van der Waals surface area contributed by atoms with Crippen molar-refractivity contribution in [2.24, 2.45) is 0 Å². The molecule has 4 rings (SSSR count). The van der Waals surface area contributed by atoms with E-state index in [0.717, 1.165) is 49.1 Å². The molecule has 2 aromatic rings. The van der Waals surface area contributed by atoms with Gasteiger partial charge in [-0.15, -0.1) is 0 Å². The van der Waals surface area contributed by atoms with E-state index in [1.807, 2.05) is 24.4 Å². The van der Waals surface area contributed by atoms with Crippen LogP contribution < -0.4 is 10.1 Å². The van der Waals surface area contributed by atoms with Crippen molar-refractivity contribution in [1.82, 2.24) is 20.2 Å². The van der Waals surface area contributed by atoms with Crippen molar-refractivity contribution >= 4 is 0 Å². The third-order valence-electron chi connectivity index (χ3n) is 5.24. The number of piperidine rings is 1. The minimum Gasteiger partial charge on any atom is -0.497 e. The summed E-state index contributed by atoms with van der Waals surface area (Å²) in [5.74, 6) is 1.85. The number of aromatic nitrogens is 2. The first-order valence-corrected chi connectivity index (χ1v) is 9.08. The van der Waals surface area contributed by atoms with Crippen LogP contribution in [-0.4, -0.2) is 60.9 Å². The first-order chi connectivity index (χ1) is 12.3. The Balaban J connectivity index is 1.56. The van der Waals surface area contributed by atoms with Gasteiger partial charge in [0.15, 0.2) is 0 Å². The lowest BCUT2D eigenvalue weighted by molar-refractivity contribution is -0.0387. The Morgan fingerprint density at radius 2 is 2.16 bits per heavy atom. The number of rotatable bonds is 4. The largest absolute Gasteiger partial charge is 0.497 e. The SMILES string of the molecule is COc1cccc(-c2cnc(C3COCCN3C3CCNCC3)[nH]2)c1. The second-order valence-electron chi connectivity index (χ2n) is 6.72. The number of hydrogen-bond acceptors (Lipinski definition) is 5. The van der Waals surface area contributed by atoms with Crippen LogP contribution in [0.3, 0.4) is 0 Å². The molecule has 0 bridgehead atoms. The maximum Gasteiger partial charge on any atom is 0.126 e. The van der Waals surface area contributed by atoms with E-state index in [4.69, 9.17) is 9.47 Å². The molecule has 2 aliphatic rings. The highest BCUT2D eigenvalue weighted by Gasteiger charge is 2.32. The maximum atomic E-state index is 5.77. The van der Waals surface area contributed by atoms with Crippen LogP contribution in [0.25, 0.3) is 11.3 Å². The summed E-state index contributed by atoms with van der Waals surface area (Å²) in [4.78, 5) is 10.8. The Bertz CT molecular complexity index is 696. The molecule has 3 heterocycles. The zero-order chi connectivity index (χ0) is 17.1. The van der Waals surface area contributed by atoms with E-state index in [0.29, 0.717) is 12.6 Å². The number of benzene rings is 1. The lowest BCUT2D eigenvalue weighted by atomic mass is 10.0.